The molecular weight excluding hydrogens is 460 g/mol. The Bertz CT molecular complexity index is 691. The summed E-state index contributed by atoms with van der Waals surface area (Å²) in [6, 6.07) is 2.15. The topological polar surface area (TPSA) is 104 Å². The molecule has 7 nitrogen and oxygen atoms in total. The monoisotopic (exact) mass is 488 g/mol. The molecule has 0 radical (unpaired) electrons. The maximum atomic E-state index is 11.9. The molecule has 0 saturated carbocycles. The minimum atomic E-state index is -0.647. The van der Waals surface area contributed by atoms with Crippen LogP contribution in [0.15, 0.2) is 29.4 Å². The van der Waals surface area contributed by atoms with Gasteiger partial charge >= 0.3 is 5.97 Å². The normalized spacial score (nSPS) is 17.7. The fraction of sp³-hybridized carbons (Fsp3) is 0.500. The van der Waals surface area contributed by atoms with Crippen LogP contribution in [-0.2, 0) is 4.74 Å². The second kappa shape index (κ2) is 13.5. The molecule has 0 aromatic heterocycles. The van der Waals surface area contributed by atoms with Crippen LogP contribution in [0.25, 0.3) is 0 Å². The number of quaternary nitrogens is 1. The SMILES string of the molecule is C[NH+]1C=CC=NC1SCCCCCCCCOC(=O)c1cc(O)c(O)c(O)c1.[Br-]. The number of hydrogen-bond donors (Lipinski definition) is 4. The minimum Gasteiger partial charge on any atom is -1.00 e. The zero-order valence-electron chi connectivity index (χ0n) is 16.5. The quantitative estimate of drug-likeness (QED) is 0.189. The van der Waals surface area contributed by atoms with Crippen LogP contribution in [0.1, 0.15) is 48.9 Å². The van der Waals surface area contributed by atoms with Crippen molar-refractivity contribution in [1.82, 2.24) is 0 Å². The van der Waals surface area contributed by atoms with E-state index < -0.39 is 23.2 Å². The second-order valence-electron chi connectivity index (χ2n) is 6.74. The number of carbonyl (C=O) groups excluding carboxylic acids is 1. The summed E-state index contributed by atoms with van der Waals surface area (Å²) in [5.74, 6) is -1.27. The average molecular weight is 489 g/mol. The van der Waals surface area contributed by atoms with Crippen molar-refractivity contribution in [2.24, 2.45) is 4.99 Å². The summed E-state index contributed by atoms with van der Waals surface area (Å²) < 4.78 is 5.13. The van der Waals surface area contributed by atoms with Gasteiger partial charge in [-0.1, -0.05) is 37.4 Å². The first-order valence-corrected chi connectivity index (χ1v) is 10.6. The molecule has 1 aromatic rings. The lowest BCUT2D eigenvalue weighted by atomic mass is 10.1. The Morgan fingerprint density at radius 1 is 1.10 bits per heavy atom. The molecule has 0 fully saturated rings. The van der Waals surface area contributed by atoms with E-state index in [-0.39, 0.29) is 28.0 Å². The van der Waals surface area contributed by atoms with E-state index >= 15 is 0 Å². The molecular formula is C20H29BrN2O5S. The van der Waals surface area contributed by atoms with Crippen molar-refractivity contribution in [1.29, 1.82) is 0 Å². The molecule has 1 heterocycles. The van der Waals surface area contributed by atoms with E-state index in [1.165, 1.54) is 17.7 Å². The predicted molar refractivity (Wildman–Crippen MR) is 110 cm³/mol. The third kappa shape index (κ3) is 8.67. The van der Waals surface area contributed by atoms with E-state index in [0.29, 0.717) is 6.61 Å². The number of allylic oxidation sites excluding steroid dienone is 1. The number of aliphatic imine (C=N–C) groups is 1. The molecule has 29 heavy (non-hydrogen) atoms. The van der Waals surface area contributed by atoms with Crippen molar-refractivity contribution in [2.75, 3.05) is 19.4 Å². The number of esters is 1. The Morgan fingerprint density at radius 2 is 1.72 bits per heavy atom. The van der Waals surface area contributed by atoms with Crippen molar-refractivity contribution in [3.8, 4) is 17.2 Å². The fourth-order valence-corrected chi connectivity index (χ4v) is 3.87. The van der Waals surface area contributed by atoms with Gasteiger partial charge in [0.25, 0.3) is 0 Å². The standard InChI is InChI=1S/C20H28N2O5S.BrH/c1-22-10-8-9-21-20(22)28-12-7-5-3-2-4-6-11-27-19(26)15-13-16(23)18(25)17(24)14-15;/h8-10,13-14,20,23-25H,2-7,11-12H2,1H3;1H. The Morgan fingerprint density at radius 3 is 2.38 bits per heavy atom. The average Bonchev–Trinajstić information content (AvgIpc) is 2.68. The molecule has 1 aromatic carbocycles. The number of nitrogens with zero attached hydrogens (tertiary/aromatic N) is 1. The maximum Gasteiger partial charge on any atom is 0.338 e. The lowest BCUT2D eigenvalue weighted by molar-refractivity contribution is -0.835. The number of aromatic hydroxyl groups is 3. The molecule has 1 aliphatic rings. The van der Waals surface area contributed by atoms with Crippen LogP contribution < -0.4 is 21.9 Å². The summed E-state index contributed by atoms with van der Waals surface area (Å²) in [4.78, 5) is 17.6. The predicted octanol–water partition coefficient (Wildman–Crippen LogP) is -0.566. The highest BCUT2D eigenvalue weighted by Gasteiger charge is 2.16. The van der Waals surface area contributed by atoms with Crippen LogP contribution >= 0.6 is 11.8 Å². The molecule has 1 aliphatic heterocycles. The summed E-state index contributed by atoms with van der Waals surface area (Å²) >= 11 is 1.89. The number of benzene rings is 1. The third-order valence-corrected chi connectivity index (χ3v) is 5.74. The van der Waals surface area contributed by atoms with Gasteiger partial charge in [0.1, 0.15) is 0 Å². The first-order chi connectivity index (χ1) is 13.5. The van der Waals surface area contributed by atoms with Crippen molar-refractivity contribution in [3.05, 3.63) is 30.0 Å². The number of thioether (sulfide) groups is 1. The van der Waals surface area contributed by atoms with Gasteiger partial charge in [-0.25, -0.2) is 9.79 Å². The number of nitrogens with one attached hydrogen (secondary N) is 1. The van der Waals surface area contributed by atoms with Crippen LogP contribution in [0, 0.1) is 0 Å². The van der Waals surface area contributed by atoms with Gasteiger partial charge in [0.2, 0.25) is 5.50 Å². The first-order valence-electron chi connectivity index (χ1n) is 9.56. The third-order valence-electron chi connectivity index (χ3n) is 4.41. The Hall–Kier alpha value is -1.71. The molecule has 9 heteroatoms. The van der Waals surface area contributed by atoms with E-state index in [9.17, 15) is 20.1 Å². The smallest absolute Gasteiger partial charge is 0.338 e. The van der Waals surface area contributed by atoms with Gasteiger partial charge in [-0.15, -0.1) is 0 Å². The molecule has 2 unspecified atom stereocenters. The molecule has 4 N–H and O–H groups in total. The fourth-order valence-electron chi connectivity index (χ4n) is 2.77. The van der Waals surface area contributed by atoms with Gasteiger partial charge in [0, 0.05) is 18.0 Å². The molecule has 0 spiro atoms. The number of phenols is 3. The second-order valence-corrected chi connectivity index (χ2v) is 7.93. The van der Waals surface area contributed by atoms with E-state index in [4.69, 9.17) is 4.74 Å². The zero-order valence-corrected chi connectivity index (χ0v) is 18.9. The highest BCUT2D eigenvalue weighted by atomic mass is 79.9. The van der Waals surface area contributed by atoms with Crippen molar-refractivity contribution in [3.63, 3.8) is 0 Å². The van der Waals surface area contributed by atoms with Crippen LogP contribution in [0.4, 0.5) is 0 Å². The molecule has 0 aliphatic carbocycles. The molecule has 2 atom stereocenters. The molecule has 2 rings (SSSR count). The molecule has 0 saturated heterocycles. The molecule has 0 amide bonds. The van der Waals surface area contributed by atoms with Crippen molar-refractivity contribution in [2.45, 2.75) is 44.0 Å². The van der Waals surface area contributed by atoms with Gasteiger partial charge < -0.3 is 37.0 Å². The molecule has 0 bridgehead atoms. The number of unbranched alkanes of at least 4 members (excludes halogenated alkanes) is 5. The summed E-state index contributed by atoms with van der Waals surface area (Å²) in [6.45, 7) is 0.291. The zero-order chi connectivity index (χ0) is 20.4. The molecule has 162 valence electrons. The van der Waals surface area contributed by atoms with Gasteiger partial charge in [0.15, 0.2) is 17.2 Å². The number of halogens is 1. The maximum absolute atomic E-state index is 11.9. The van der Waals surface area contributed by atoms with E-state index in [2.05, 4.69) is 18.2 Å². The van der Waals surface area contributed by atoms with Gasteiger partial charge in [-0.3, -0.25) is 4.90 Å². The number of rotatable bonds is 11. The number of hydrogen-bond acceptors (Lipinski definition) is 7. The highest BCUT2D eigenvalue weighted by molar-refractivity contribution is 7.99. The minimum absolute atomic E-state index is 0. The largest absolute Gasteiger partial charge is 1.00 e. The van der Waals surface area contributed by atoms with Crippen LogP contribution in [0.3, 0.4) is 0 Å². The Balaban J connectivity index is 0.00000420. The first kappa shape index (κ1) is 25.3. The van der Waals surface area contributed by atoms with Crippen LogP contribution in [0.5, 0.6) is 17.2 Å². The summed E-state index contributed by atoms with van der Waals surface area (Å²) in [5, 5.41) is 28.1. The van der Waals surface area contributed by atoms with Gasteiger partial charge in [0.05, 0.1) is 25.4 Å². The van der Waals surface area contributed by atoms with Crippen molar-refractivity contribution >= 4 is 23.9 Å². The summed E-state index contributed by atoms with van der Waals surface area (Å²) in [5.41, 5.74) is 0.285. The van der Waals surface area contributed by atoms with E-state index in [1.54, 1.807) is 0 Å². The lowest BCUT2D eigenvalue weighted by Crippen LogP contribution is -3.08. The number of carbonyl (C=O) groups is 1. The van der Waals surface area contributed by atoms with Gasteiger partial charge in [-0.2, -0.15) is 0 Å². The Labute approximate surface area is 186 Å². The van der Waals surface area contributed by atoms with Crippen LogP contribution in [0.2, 0.25) is 0 Å². The Kier molecular flexibility index (Phi) is 11.8. The highest BCUT2D eigenvalue weighted by Crippen LogP contribution is 2.35. The van der Waals surface area contributed by atoms with E-state index in [1.807, 2.05) is 24.1 Å². The van der Waals surface area contributed by atoms with Crippen LogP contribution in [-0.4, -0.2) is 52.4 Å². The lowest BCUT2D eigenvalue weighted by Gasteiger charge is -2.18. The number of phenolic OH excluding ortho intramolecular Hbond substituents is 3. The van der Waals surface area contributed by atoms with E-state index in [0.717, 1.165) is 43.6 Å². The van der Waals surface area contributed by atoms with Crippen molar-refractivity contribution < 1.29 is 46.7 Å². The number of ether oxygens (including phenoxy) is 1. The summed E-state index contributed by atoms with van der Waals surface area (Å²) in [7, 11) is 2.12. The summed E-state index contributed by atoms with van der Waals surface area (Å²) in [6.07, 6.45) is 12.3. The van der Waals surface area contributed by atoms with Gasteiger partial charge in [-0.05, 0) is 25.0 Å².